The summed E-state index contributed by atoms with van der Waals surface area (Å²) in [6, 6.07) is 0. The zero-order chi connectivity index (χ0) is 80.6. The summed E-state index contributed by atoms with van der Waals surface area (Å²) in [5.41, 5.74) is -1.12. The summed E-state index contributed by atoms with van der Waals surface area (Å²) in [7, 11) is 1.26. The van der Waals surface area contributed by atoms with Crippen molar-refractivity contribution in [3.8, 4) is 0 Å². The van der Waals surface area contributed by atoms with Crippen LogP contribution in [0.5, 0.6) is 0 Å². The van der Waals surface area contributed by atoms with Crippen LogP contribution in [-0.2, 0) is 157 Å². The van der Waals surface area contributed by atoms with E-state index in [1.807, 2.05) is 48.5 Å². The molecule has 0 radical (unpaired) electrons. The van der Waals surface area contributed by atoms with E-state index in [1.165, 1.54) is 7.11 Å². The van der Waals surface area contributed by atoms with Crippen molar-refractivity contribution in [3.05, 3.63) is 0 Å². The fourth-order valence-electron chi connectivity index (χ4n) is 18.0. The van der Waals surface area contributed by atoms with Crippen LogP contribution < -0.4 is 0 Å². The van der Waals surface area contributed by atoms with Gasteiger partial charge >= 0.3 is 83.6 Å². The number of esters is 14. The van der Waals surface area contributed by atoms with Gasteiger partial charge in [-0.15, -0.1) is 0 Å². The van der Waals surface area contributed by atoms with E-state index in [4.69, 9.17) is 90.0 Å². The monoisotopic (exact) mass is 1730 g/mol. The molecule has 16 aliphatic rings. The minimum Gasteiger partial charge on any atom is -0.469 e. The topological polar surface area (TPSA) is 414 Å². The summed E-state index contributed by atoms with van der Waals surface area (Å²) >= 11 is 0. The molecule has 16 rings (SSSR count). The number of methoxy groups -OCH3 is 1. The maximum atomic E-state index is 13.1. The standard InChI is InChI=1S/C20H28O7.C17H24O7.C15H20O7.C14H18O7.C12H16O5.10CH4/c1-4-10(3)17(21)25-15-14-12(11-13(24-14)16(15)26-18(11)22)19(23)27-20(5-2)8-6-7-9-20;1-6-7(2)14(18)22-12-11-9(16(20)24-17(3,4)5)8-10(21-11)13(12)23-15(8)19;1-4-6(3)13(16)21-11-9-7(14(17)19-5-2)8-10(20-9)12(11)22-15(8)18;1-4-5(2)12(15)20-10-8-6(13(16)18-3)7-9(19-8)11(10)21-14(7)17;1-3-5(2)11(13)16-9-7-4-6-8(15-7)10(9)17-12(6)14;;;;;;;;;;/h10-16H,4-9H2,1-3H3;7-13H,6H2,1-5H3;6-12H,4-5H2,1-3H3;5-11H,4H2,1-3H3;5-10H,3-4H2,1-2H3;10*1H4. The number of hydrogen-bond donors (Lipinski definition) is 0. The second-order valence-electron chi connectivity index (χ2n) is 33.0. The molecule has 0 aromatic carbocycles. The number of hydrogen-bond acceptors (Lipinski definition) is 33. The lowest BCUT2D eigenvalue weighted by molar-refractivity contribution is -0.174. The summed E-state index contributed by atoms with van der Waals surface area (Å²) < 4.78 is 104. The molecule has 0 aromatic heterocycles. The Morgan fingerprint density at radius 3 is 0.934 bits per heavy atom. The Bertz CT molecular complexity index is 3620. The molecule has 1 aliphatic carbocycles. The highest BCUT2D eigenvalue weighted by Crippen LogP contribution is 2.57. The van der Waals surface area contributed by atoms with Crippen LogP contribution in [0, 0.1) is 82.9 Å². The van der Waals surface area contributed by atoms with Gasteiger partial charge in [-0.05, 0) is 98.3 Å². The lowest BCUT2D eigenvalue weighted by Crippen LogP contribution is -2.49. The molecule has 0 spiro atoms. The van der Waals surface area contributed by atoms with Crippen LogP contribution in [0.15, 0.2) is 0 Å². The fourth-order valence-corrected chi connectivity index (χ4v) is 18.0. The number of carbonyl (C=O) groups is 14. The van der Waals surface area contributed by atoms with Crippen molar-refractivity contribution >= 4 is 83.6 Å². The molecule has 15 saturated heterocycles. The normalized spacial score (nSPS) is 36.7. The molecule has 1 saturated carbocycles. The number of fused-ring (bicyclic) bond motifs is 5. The third kappa shape index (κ3) is 20.0. The first-order valence-electron chi connectivity index (χ1n) is 39.7. The molecule has 696 valence electrons. The number of carbonyl (C=O) groups excluding carboxylic acids is 14. The summed E-state index contributed by atoms with van der Waals surface area (Å²) in [5, 5.41) is 0. The quantitative estimate of drug-likeness (QED) is 0.0717. The minimum absolute atomic E-state index is 0. The first kappa shape index (κ1) is 109. The van der Waals surface area contributed by atoms with Gasteiger partial charge in [0.05, 0.1) is 55.3 Å². The van der Waals surface area contributed by atoms with Gasteiger partial charge < -0.3 is 90.0 Å². The molecule has 0 aromatic rings. The van der Waals surface area contributed by atoms with Crippen LogP contribution in [0.3, 0.4) is 0 Å². The molecule has 121 heavy (non-hydrogen) atoms. The van der Waals surface area contributed by atoms with Crippen molar-refractivity contribution in [2.45, 2.75) is 382 Å². The van der Waals surface area contributed by atoms with Gasteiger partial charge in [0.1, 0.15) is 113 Å². The molecule has 33 heteroatoms. The van der Waals surface area contributed by atoms with Gasteiger partial charge in [-0.2, -0.15) is 0 Å². The highest BCUT2D eigenvalue weighted by molar-refractivity contribution is 5.90. The fraction of sp³-hybridized carbons (Fsp3) is 0.841. The van der Waals surface area contributed by atoms with Gasteiger partial charge in [-0.1, -0.05) is 150 Å². The molecule has 34 atom stereocenters. The average molecular weight is 1730 g/mol. The van der Waals surface area contributed by atoms with Crippen molar-refractivity contribution in [2.75, 3.05) is 13.7 Å². The largest absolute Gasteiger partial charge is 0.469 e. The van der Waals surface area contributed by atoms with Gasteiger partial charge in [-0.25, -0.2) is 0 Å². The Kier molecular flexibility index (Phi) is 39.2. The molecule has 15 heterocycles. The van der Waals surface area contributed by atoms with Gasteiger partial charge in [0.25, 0.3) is 0 Å². The van der Waals surface area contributed by atoms with E-state index >= 15 is 0 Å². The highest BCUT2D eigenvalue weighted by atomic mass is 16.7. The van der Waals surface area contributed by atoms with Crippen molar-refractivity contribution in [1.29, 1.82) is 0 Å². The van der Waals surface area contributed by atoms with E-state index in [0.29, 0.717) is 32.1 Å². The lowest BCUT2D eigenvalue weighted by Gasteiger charge is -2.32. The van der Waals surface area contributed by atoms with Gasteiger partial charge in [0, 0.05) is 0 Å². The smallest absolute Gasteiger partial charge is 0.313 e. The Labute approximate surface area is 716 Å². The van der Waals surface area contributed by atoms with Gasteiger partial charge in [-0.3, -0.25) is 67.1 Å². The molecule has 33 nitrogen and oxygen atoms in total. The SMILES string of the molecule is C.C.C.C.C.C.C.C.C.C.CCC(C)C(=O)OC1C2CC3C(=O)OC1C3O2.CCC(C)C(=O)OC1C2OC(=O)C3C2OC1C3C(=O)OC.CCC(C)C(=O)OC1C2OC(=O)C3C2OC1C3C(=O)OC(C)(C)C.CCC(C)C(=O)OC1C2OC(=O)C3C2OC1C3C(=O)OC1(CC)CCCC1.CCOC(=O)C1C2OC3C(OC(=O)C31)C2OC(=O)C(C)CC. The summed E-state index contributed by atoms with van der Waals surface area (Å²) in [6.07, 6.45) is -2.90. The molecule has 10 bridgehead atoms. The third-order valence-electron chi connectivity index (χ3n) is 25.2. The van der Waals surface area contributed by atoms with Crippen molar-refractivity contribution in [2.24, 2.45) is 82.9 Å². The molecular formula is C88H146O33. The zero-order valence-corrected chi connectivity index (χ0v) is 65.6. The highest BCUT2D eigenvalue weighted by Gasteiger charge is 2.76. The summed E-state index contributed by atoms with van der Waals surface area (Å²) in [5.74, 6) is -12.8. The van der Waals surface area contributed by atoms with E-state index in [0.717, 1.165) is 38.5 Å². The van der Waals surface area contributed by atoms with Crippen LogP contribution in [0.25, 0.3) is 0 Å². The van der Waals surface area contributed by atoms with Crippen LogP contribution in [0.2, 0.25) is 0 Å². The van der Waals surface area contributed by atoms with Crippen molar-refractivity contribution in [3.63, 3.8) is 0 Å². The maximum absolute atomic E-state index is 13.1. The molecule has 34 unspecified atom stereocenters. The van der Waals surface area contributed by atoms with Crippen LogP contribution in [-0.4, -0.2) is 231 Å². The molecular weight excluding hydrogens is 1580 g/mol. The second kappa shape index (κ2) is 43.3. The molecule has 15 aliphatic heterocycles. The Morgan fingerprint density at radius 1 is 0.364 bits per heavy atom. The average Bonchev–Trinajstić information content (AvgIpc) is 1.56. The second-order valence-corrected chi connectivity index (χ2v) is 33.0. The van der Waals surface area contributed by atoms with Crippen LogP contribution in [0.4, 0.5) is 0 Å². The Balaban J connectivity index is 0.000000505. The predicted molar refractivity (Wildman–Crippen MR) is 435 cm³/mol. The van der Waals surface area contributed by atoms with E-state index in [2.05, 4.69) is 0 Å². The summed E-state index contributed by atoms with van der Waals surface area (Å²) in [4.78, 5) is 170. The van der Waals surface area contributed by atoms with E-state index < -0.39 is 210 Å². The Hall–Kier alpha value is -7.62. The van der Waals surface area contributed by atoms with Crippen LogP contribution in [0.1, 0.15) is 249 Å². The van der Waals surface area contributed by atoms with E-state index in [1.54, 1.807) is 55.4 Å². The number of ether oxygens (including phenoxy) is 19. The van der Waals surface area contributed by atoms with Crippen molar-refractivity contribution < 1.29 is 157 Å². The number of rotatable bonds is 22. The Morgan fingerprint density at radius 2 is 0.645 bits per heavy atom. The predicted octanol–water partition coefficient (Wildman–Crippen LogP) is 10.9. The van der Waals surface area contributed by atoms with E-state index in [-0.39, 0.29) is 171 Å². The van der Waals surface area contributed by atoms with Gasteiger partial charge in [0.15, 0.2) is 61.0 Å². The van der Waals surface area contributed by atoms with Gasteiger partial charge in [0.2, 0.25) is 0 Å². The van der Waals surface area contributed by atoms with E-state index in [9.17, 15) is 67.1 Å². The molecule has 0 amide bonds. The minimum atomic E-state index is -0.796. The summed E-state index contributed by atoms with van der Waals surface area (Å²) in [6.45, 7) is 27.6. The molecule has 0 N–H and O–H groups in total. The molecule has 16 fully saturated rings. The third-order valence-corrected chi connectivity index (χ3v) is 25.2. The first-order valence-corrected chi connectivity index (χ1v) is 39.7. The lowest BCUT2D eigenvalue weighted by atomic mass is 9.78. The van der Waals surface area contributed by atoms with Crippen LogP contribution >= 0.6 is 0 Å². The first-order chi connectivity index (χ1) is 52.6. The maximum Gasteiger partial charge on any atom is 0.313 e. The zero-order valence-electron chi connectivity index (χ0n) is 65.6. The van der Waals surface area contributed by atoms with Crippen molar-refractivity contribution in [1.82, 2.24) is 0 Å².